The highest BCUT2D eigenvalue weighted by Gasteiger charge is 2.21. The number of carbonyl (C=O) groups is 1. The van der Waals surface area contributed by atoms with Crippen LogP contribution in [0.25, 0.3) is 10.9 Å². The molecular weight excluding hydrogens is 200 g/mol. The minimum Gasteiger partial charge on any atom is -0.369 e. The molecule has 1 aromatic carbocycles. The number of carbonyl (C=O) groups excluding carboxylic acids is 1. The van der Waals surface area contributed by atoms with Gasteiger partial charge in [0.1, 0.15) is 0 Å². The predicted octanol–water partition coefficient (Wildman–Crippen LogP) is 2.46. The quantitative estimate of drug-likeness (QED) is 0.813. The topological polar surface area (TPSA) is 58.9 Å². The molecule has 2 rings (SSSR count). The van der Waals surface area contributed by atoms with Crippen molar-refractivity contribution in [3.63, 3.8) is 0 Å². The van der Waals surface area contributed by atoms with E-state index in [2.05, 4.69) is 4.98 Å². The lowest BCUT2D eigenvalue weighted by Crippen LogP contribution is -2.21. The van der Waals surface area contributed by atoms with E-state index in [1.165, 1.54) is 0 Å². The van der Waals surface area contributed by atoms with Crippen LogP contribution in [0.4, 0.5) is 0 Å². The Bertz CT molecular complexity index is 528. The van der Waals surface area contributed by atoms with E-state index in [9.17, 15) is 4.79 Å². The third-order valence-electron chi connectivity index (χ3n) is 3.04. The van der Waals surface area contributed by atoms with Crippen molar-refractivity contribution in [2.24, 2.45) is 5.73 Å². The van der Waals surface area contributed by atoms with E-state index < -0.39 is 0 Å². The number of aryl methyl sites for hydroxylation is 1. The second-order valence-electron chi connectivity index (χ2n) is 4.07. The molecule has 16 heavy (non-hydrogen) atoms. The van der Waals surface area contributed by atoms with Crippen molar-refractivity contribution in [1.82, 2.24) is 4.98 Å². The lowest BCUT2D eigenvalue weighted by molar-refractivity contribution is -0.119. The van der Waals surface area contributed by atoms with Crippen LogP contribution in [0.15, 0.2) is 24.3 Å². The summed E-state index contributed by atoms with van der Waals surface area (Å²) in [4.78, 5) is 14.7. The molecule has 3 heteroatoms. The average Bonchev–Trinajstić information content (AvgIpc) is 2.57. The number of fused-ring (bicyclic) bond motifs is 1. The molecule has 0 fully saturated rings. The van der Waals surface area contributed by atoms with Gasteiger partial charge in [-0.2, -0.15) is 0 Å². The molecule has 1 heterocycles. The van der Waals surface area contributed by atoms with E-state index in [0.29, 0.717) is 0 Å². The zero-order valence-electron chi connectivity index (χ0n) is 9.58. The maximum absolute atomic E-state index is 11.4. The van der Waals surface area contributed by atoms with Crippen LogP contribution >= 0.6 is 0 Å². The van der Waals surface area contributed by atoms with Crippen molar-refractivity contribution < 1.29 is 4.79 Å². The molecule has 0 saturated carbocycles. The fourth-order valence-electron chi connectivity index (χ4n) is 2.29. The standard InChI is InChI=1S/C13H16N2O/c1-3-9(13(14)16)12-8(2)15-11-7-5-4-6-10(11)12/h4-7,9,15H,3H2,1-2H3,(H2,14,16). The van der Waals surface area contributed by atoms with Crippen LogP contribution in [0.3, 0.4) is 0 Å². The molecule has 0 saturated heterocycles. The maximum atomic E-state index is 11.4. The van der Waals surface area contributed by atoms with Crippen LogP contribution < -0.4 is 5.73 Å². The van der Waals surface area contributed by atoms with Crippen LogP contribution in [0, 0.1) is 6.92 Å². The Morgan fingerprint density at radius 2 is 2.12 bits per heavy atom. The van der Waals surface area contributed by atoms with Gasteiger partial charge in [0.15, 0.2) is 0 Å². The number of hydrogen-bond donors (Lipinski definition) is 2. The van der Waals surface area contributed by atoms with Gasteiger partial charge in [-0.15, -0.1) is 0 Å². The van der Waals surface area contributed by atoms with Crippen molar-refractivity contribution in [3.8, 4) is 0 Å². The maximum Gasteiger partial charge on any atom is 0.225 e. The van der Waals surface area contributed by atoms with E-state index in [0.717, 1.165) is 28.6 Å². The van der Waals surface area contributed by atoms with Crippen LogP contribution in [0.1, 0.15) is 30.5 Å². The molecule has 84 valence electrons. The van der Waals surface area contributed by atoms with Gasteiger partial charge >= 0.3 is 0 Å². The number of H-pyrrole nitrogens is 1. The molecular formula is C13H16N2O. The SMILES string of the molecule is CCC(C(N)=O)c1c(C)[nH]c2ccccc12. The Labute approximate surface area is 94.6 Å². The zero-order valence-corrected chi connectivity index (χ0v) is 9.58. The molecule has 0 spiro atoms. The molecule has 1 amide bonds. The summed E-state index contributed by atoms with van der Waals surface area (Å²) in [5.74, 6) is -0.452. The number of rotatable bonds is 3. The van der Waals surface area contributed by atoms with Gasteiger partial charge in [0.2, 0.25) is 5.91 Å². The first-order valence-corrected chi connectivity index (χ1v) is 5.51. The Balaban J connectivity index is 2.66. The number of para-hydroxylation sites is 1. The Hall–Kier alpha value is -1.77. The van der Waals surface area contributed by atoms with E-state index in [1.54, 1.807) is 0 Å². The average molecular weight is 216 g/mol. The second kappa shape index (κ2) is 4.00. The highest BCUT2D eigenvalue weighted by Crippen LogP contribution is 2.30. The van der Waals surface area contributed by atoms with E-state index >= 15 is 0 Å². The fraction of sp³-hybridized carbons (Fsp3) is 0.308. The van der Waals surface area contributed by atoms with Gasteiger partial charge in [0.05, 0.1) is 5.92 Å². The van der Waals surface area contributed by atoms with Crippen LogP contribution in [-0.2, 0) is 4.79 Å². The molecule has 0 aliphatic rings. The van der Waals surface area contributed by atoms with Gasteiger partial charge in [0, 0.05) is 16.6 Å². The molecule has 0 radical (unpaired) electrons. The normalized spacial score (nSPS) is 12.9. The highest BCUT2D eigenvalue weighted by molar-refractivity contribution is 5.92. The summed E-state index contributed by atoms with van der Waals surface area (Å²) < 4.78 is 0. The van der Waals surface area contributed by atoms with Crippen LogP contribution in [-0.4, -0.2) is 10.9 Å². The number of aromatic amines is 1. The Morgan fingerprint density at radius 1 is 1.44 bits per heavy atom. The third kappa shape index (κ3) is 1.58. The largest absolute Gasteiger partial charge is 0.369 e. The molecule has 3 N–H and O–H groups in total. The van der Waals surface area contributed by atoms with Crippen molar-refractivity contribution in [2.45, 2.75) is 26.2 Å². The summed E-state index contributed by atoms with van der Waals surface area (Å²) in [6.07, 6.45) is 0.734. The predicted molar refractivity (Wildman–Crippen MR) is 65.3 cm³/mol. The Kier molecular flexibility index (Phi) is 2.69. The number of hydrogen-bond acceptors (Lipinski definition) is 1. The first-order valence-electron chi connectivity index (χ1n) is 5.51. The van der Waals surface area contributed by atoms with E-state index in [1.807, 2.05) is 38.1 Å². The van der Waals surface area contributed by atoms with Crippen molar-refractivity contribution in [2.75, 3.05) is 0 Å². The summed E-state index contributed by atoms with van der Waals surface area (Å²) in [5.41, 5.74) is 8.59. The summed E-state index contributed by atoms with van der Waals surface area (Å²) in [7, 11) is 0. The minimum atomic E-state index is -0.254. The van der Waals surface area contributed by atoms with Crippen LogP contribution in [0.2, 0.25) is 0 Å². The van der Waals surface area contributed by atoms with Gasteiger partial charge in [-0.1, -0.05) is 25.1 Å². The van der Waals surface area contributed by atoms with Gasteiger partial charge in [-0.25, -0.2) is 0 Å². The summed E-state index contributed by atoms with van der Waals surface area (Å²) in [5, 5.41) is 1.10. The Morgan fingerprint density at radius 3 is 2.75 bits per heavy atom. The summed E-state index contributed by atoms with van der Waals surface area (Å²) >= 11 is 0. The molecule has 1 aromatic heterocycles. The van der Waals surface area contributed by atoms with Gasteiger partial charge < -0.3 is 10.7 Å². The first kappa shape index (κ1) is 10.7. The summed E-state index contributed by atoms with van der Waals surface area (Å²) in [6, 6.07) is 8.00. The van der Waals surface area contributed by atoms with Crippen molar-refractivity contribution >= 4 is 16.8 Å². The fourth-order valence-corrected chi connectivity index (χ4v) is 2.29. The number of primary amides is 1. The molecule has 0 aliphatic carbocycles. The zero-order chi connectivity index (χ0) is 11.7. The van der Waals surface area contributed by atoms with Gasteiger partial charge in [0.25, 0.3) is 0 Å². The smallest absolute Gasteiger partial charge is 0.225 e. The molecule has 1 unspecified atom stereocenters. The molecule has 3 nitrogen and oxygen atoms in total. The highest BCUT2D eigenvalue weighted by atomic mass is 16.1. The molecule has 2 aromatic rings. The lowest BCUT2D eigenvalue weighted by Gasteiger charge is -2.11. The second-order valence-corrected chi connectivity index (χ2v) is 4.07. The third-order valence-corrected chi connectivity index (χ3v) is 3.04. The summed E-state index contributed by atoms with van der Waals surface area (Å²) in [6.45, 7) is 3.97. The van der Waals surface area contributed by atoms with Gasteiger partial charge in [-0.3, -0.25) is 4.79 Å². The van der Waals surface area contributed by atoms with E-state index in [-0.39, 0.29) is 11.8 Å². The number of benzene rings is 1. The van der Waals surface area contributed by atoms with E-state index in [4.69, 9.17) is 5.73 Å². The van der Waals surface area contributed by atoms with Crippen LogP contribution in [0.5, 0.6) is 0 Å². The number of aromatic nitrogens is 1. The minimum absolute atomic E-state index is 0.198. The lowest BCUT2D eigenvalue weighted by atomic mass is 9.93. The number of nitrogens with one attached hydrogen (secondary N) is 1. The molecule has 1 atom stereocenters. The van der Waals surface area contributed by atoms with Gasteiger partial charge in [-0.05, 0) is 25.0 Å². The van der Waals surface area contributed by atoms with Crippen molar-refractivity contribution in [1.29, 1.82) is 0 Å². The first-order chi connectivity index (χ1) is 7.65. The number of nitrogens with two attached hydrogens (primary N) is 1. The monoisotopic (exact) mass is 216 g/mol. The van der Waals surface area contributed by atoms with Crippen molar-refractivity contribution in [3.05, 3.63) is 35.5 Å². The molecule has 0 aliphatic heterocycles. The molecule has 0 bridgehead atoms. The number of amides is 1.